The van der Waals surface area contributed by atoms with Crippen molar-refractivity contribution in [3.8, 4) is 0 Å². The van der Waals surface area contributed by atoms with Gasteiger partial charge in [0.05, 0.1) is 6.54 Å². The highest BCUT2D eigenvalue weighted by atomic mass is 19.2. The van der Waals surface area contributed by atoms with E-state index in [2.05, 4.69) is 5.32 Å². The highest BCUT2D eigenvalue weighted by molar-refractivity contribution is 5.69. The van der Waals surface area contributed by atoms with E-state index in [1.807, 2.05) is 0 Å². The summed E-state index contributed by atoms with van der Waals surface area (Å²) in [4.78, 5) is 10.7. The van der Waals surface area contributed by atoms with Gasteiger partial charge >= 0.3 is 6.09 Å². The minimum atomic E-state index is -1.23. The Morgan fingerprint density at radius 1 is 1.25 bits per heavy atom. The summed E-state index contributed by atoms with van der Waals surface area (Å²) in [5.41, 5.74) is -0.0135. The van der Waals surface area contributed by atoms with Crippen LogP contribution >= 0.6 is 0 Å². The molecule has 86 valence electrons. The Morgan fingerprint density at radius 3 is 2.56 bits per heavy atom. The maximum atomic E-state index is 13.2. The lowest BCUT2D eigenvalue weighted by Gasteiger charge is -2.08. The van der Waals surface area contributed by atoms with Gasteiger partial charge in [-0.2, -0.15) is 0 Å². The molecule has 1 amide bonds. The Bertz CT molecular complexity index is 436. The van der Waals surface area contributed by atoms with Crippen molar-refractivity contribution < 1.29 is 22.7 Å². The summed E-state index contributed by atoms with van der Waals surface area (Å²) >= 11 is 0. The maximum Gasteiger partial charge on any atom is 0.407 e. The summed E-state index contributed by atoms with van der Waals surface area (Å²) < 4.78 is 43.4. The fourth-order valence-corrected chi connectivity index (χ4v) is 1.51. The van der Waals surface area contributed by atoms with Gasteiger partial charge in [-0.05, 0) is 11.6 Å². The molecule has 0 saturated carbocycles. The first-order chi connectivity index (χ1) is 7.56. The van der Waals surface area contributed by atoms with Gasteiger partial charge in [0.2, 0.25) is 0 Å². The molecule has 3 nitrogen and oxygen atoms in total. The predicted octanol–water partition coefficient (Wildman–Crippen LogP) is 1.75. The van der Waals surface area contributed by atoms with Crippen LogP contribution in [0.1, 0.15) is 5.56 Å². The lowest BCUT2D eigenvalue weighted by Crippen LogP contribution is -2.17. The van der Waals surface area contributed by atoms with Gasteiger partial charge in [0, 0.05) is 12.5 Å². The van der Waals surface area contributed by atoms with Crippen molar-refractivity contribution in [2.45, 2.75) is 12.5 Å². The van der Waals surface area contributed by atoms with Crippen LogP contribution in [-0.2, 0) is 11.2 Å². The first-order valence-electron chi connectivity index (χ1n) is 4.64. The molecule has 1 unspecified atom stereocenters. The number of alkyl carbamates (subject to hydrolysis) is 1. The number of halogens is 3. The summed E-state index contributed by atoms with van der Waals surface area (Å²) in [5.74, 6) is -3.20. The van der Waals surface area contributed by atoms with Crippen LogP contribution in [-0.4, -0.2) is 18.7 Å². The molecule has 1 N–H and O–H groups in total. The van der Waals surface area contributed by atoms with Crippen molar-refractivity contribution in [3.05, 3.63) is 35.1 Å². The number of carbonyl (C=O) groups is 1. The minimum absolute atomic E-state index is 0.0135. The Hall–Kier alpha value is -1.72. The van der Waals surface area contributed by atoms with Crippen molar-refractivity contribution in [2.75, 3.05) is 6.54 Å². The van der Waals surface area contributed by atoms with Crippen molar-refractivity contribution >= 4 is 6.09 Å². The second kappa shape index (κ2) is 4.03. The van der Waals surface area contributed by atoms with Crippen LogP contribution in [0.3, 0.4) is 0 Å². The Kier molecular flexibility index (Phi) is 2.72. The standard InChI is InChI=1S/C10H8F3NO2/c11-7-3-9(13)8(12)2-5(7)1-6-4-14-10(15)16-6/h2-3,6H,1,4H2,(H,14,15). The number of carbonyl (C=O) groups excluding carboxylic acids is 1. The van der Waals surface area contributed by atoms with Gasteiger partial charge in [-0.25, -0.2) is 18.0 Å². The van der Waals surface area contributed by atoms with E-state index in [0.29, 0.717) is 6.07 Å². The van der Waals surface area contributed by atoms with E-state index < -0.39 is 29.6 Å². The number of nitrogens with one attached hydrogen (secondary N) is 1. The van der Waals surface area contributed by atoms with E-state index in [9.17, 15) is 18.0 Å². The zero-order valence-electron chi connectivity index (χ0n) is 8.10. The molecule has 1 atom stereocenters. The highest BCUT2D eigenvalue weighted by Crippen LogP contribution is 2.17. The van der Waals surface area contributed by atoms with Gasteiger partial charge in [-0.15, -0.1) is 0 Å². The van der Waals surface area contributed by atoms with Crippen LogP contribution in [0, 0.1) is 17.5 Å². The third kappa shape index (κ3) is 2.10. The molecule has 1 aromatic rings. The summed E-state index contributed by atoms with van der Waals surface area (Å²) in [6, 6.07) is 1.26. The molecule has 0 spiro atoms. The zero-order chi connectivity index (χ0) is 11.7. The summed E-state index contributed by atoms with van der Waals surface area (Å²) in [6.45, 7) is 0.233. The number of amides is 1. The number of hydrogen-bond acceptors (Lipinski definition) is 2. The minimum Gasteiger partial charge on any atom is -0.444 e. The van der Waals surface area contributed by atoms with Gasteiger partial charge in [0.15, 0.2) is 11.6 Å². The van der Waals surface area contributed by atoms with Gasteiger partial charge in [-0.3, -0.25) is 0 Å². The first-order valence-corrected chi connectivity index (χ1v) is 4.64. The normalized spacial score (nSPS) is 19.4. The van der Waals surface area contributed by atoms with Gasteiger partial charge in [0.25, 0.3) is 0 Å². The number of rotatable bonds is 2. The zero-order valence-corrected chi connectivity index (χ0v) is 8.10. The van der Waals surface area contributed by atoms with Crippen molar-refractivity contribution in [2.24, 2.45) is 0 Å². The topological polar surface area (TPSA) is 38.3 Å². The average molecular weight is 231 g/mol. The summed E-state index contributed by atoms with van der Waals surface area (Å²) in [6.07, 6.45) is -1.12. The van der Waals surface area contributed by atoms with Gasteiger partial charge in [0.1, 0.15) is 11.9 Å². The van der Waals surface area contributed by atoms with Crippen molar-refractivity contribution in [3.63, 3.8) is 0 Å². The molecule has 1 aromatic carbocycles. The van der Waals surface area contributed by atoms with E-state index in [-0.39, 0.29) is 18.5 Å². The quantitative estimate of drug-likeness (QED) is 0.787. The number of benzene rings is 1. The molecule has 0 aromatic heterocycles. The second-order valence-electron chi connectivity index (χ2n) is 3.47. The van der Waals surface area contributed by atoms with Gasteiger partial charge in [-0.1, -0.05) is 0 Å². The van der Waals surface area contributed by atoms with Crippen molar-refractivity contribution in [1.82, 2.24) is 5.32 Å². The van der Waals surface area contributed by atoms with Gasteiger partial charge < -0.3 is 10.1 Å². The molecule has 0 bridgehead atoms. The molecule has 1 fully saturated rings. The predicted molar refractivity (Wildman–Crippen MR) is 48.3 cm³/mol. The first kappa shape index (κ1) is 10.8. The lowest BCUT2D eigenvalue weighted by atomic mass is 10.1. The maximum absolute atomic E-state index is 13.2. The van der Waals surface area contributed by atoms with Crippen LogP contribution in [0.5, 0.6) is 0 Å². The molecule has 1 saturated heterocycles. The van der Waals surface area contributed by atoms with Crippen LogP contribution in [0.4, 0.5) is 18.0 Å². The van der Waals surface area contributed by atoms with E-state index >= 15 is 0 Å². The fourth-order valence-electron chi connectivity index (χ4n) is 1.51. The molecule has 16 heavy (non-hydrogen) atoms. The van der Waals surface area contributed by atoms with E-state index in [1.54, 1.807) is 0 Å². The highest BCUT2D eigenvalue weighted by Gasteiger charge is 2.24. The Morgan fingerprint density at radius 2 is 1.94 bits per heavy atom. The molecule has 1 aliphatic rings. The third-order valence-electron chi connectivity index (χ3n) is 2.28. The van der Waals surface area contributed by atoms with Crippen LogP contribution in [0.15, 0.2) is 12.1 Å². The fraction of sp³-hybridized carbons (Fsp3) is 0.300. The number of hydrogen-bond donors (Lipinski definition) is 1. The monoisotopic (exact) mass is 231 g/mol. The molecule has 0 radical (unpaired) electrons. The molecular weight excluding hydrogens is 223 g/mol. The molecule has 6 heteroatoms. The Balaban J connectivity index is 2.15. The third-order valence-corrected chi connectivity index (χ3v) is 2.28. The van der Waals surface area contributed by atoms with E-state index in [4.69, 9.17) is 4.74 Å². The number of cyclic esters (lactones) is 1. The average Bonchev–Trinajstić information content (AvgIpc) is 2.60. The van der Waals surface area contributed by atoms with E-state index in [0.717, 1.165) is 6.07 Å². The Labute approximate surface area is 89.2 Å². The number of ether oxygens (including phenoxy) is 1. The van der Waals surface area contributed by atoms with Crippen molar-refractivity contribution in [1.29, 1.82) is 0 Å². The SMILES string of the molecule is O=C1NCC(Cc2cc(F)c(F)cc2F)O1. The lowest BCUT2D eigenvalue weighted by molar-refractivity contribution is 0.140. The summed E-state index contributed by atoms with van der Waals surface area (Å²) in [5, 5.41) is 2.38. The smallest absolute Gasteiger partial charge is 0.407 e. The van der Waals surface area contributed by atoms with Crippen LogP contribution in [0.2, 0.25) is 0 Å². The van der Waals surface area contributed by atoms with E-state index in [1.165, 1.54) is 0 Å². The van der Waals surface area contributed by atoms with Crippen LogP contribution in [0.25, 0.3) is 0 Å². The van der Waals surface area contributed by atoms with Crippen LogP contribution < -0.4 is 5.32 Å². The molecule has 2 rings (SSSR count). The molecule has 1 aliphatic heterocycles. The molecule has 1 heterocycles. The second-order valence-corrected chi connectivity index (χ2v) is 3.47. The largest absolute Gasteiger partial charge is 0.444 e. The molecule has 0 aliphatic carbocycles. The molecular formula is C10H8F3NO2. The summed E-state index contributed by atoms with van der Waals surface area (Å²) in [7, 11) is 0.